The number of carbonyl (C=O) groups excluding carboxylic acids is 1. The maximum atomic E-state index is 12.7. The van der Waals surface area contributed by atoms with Crippen molar-refractivity contribution in [1.82, 2.24) is 0 Å². The Balaban J connectivity index is 1.55. The van der Waals surface area contributed by atoms with Gasteiger partial charge in [0.25, 0.3) is 0 Å². The first-order valence-corrected chi connectivity index (χ1v) is 14.4. The lowest BCUT2D eigenvalue weighted by Gasteiger charge is -2.27. The van der Waals surface area contributed by atoms with Gasteiger partial charge >= 0.3 is 11.9 Å². The summed E-state index contributed by atoms with van der Waals surface area (Å²) in [7, 11) is 0. The number of allylic oxidation sites excluding steroid dienone is 1. The number of unbranched alkanes of at least 4 members (excludes halogenated alkanes) is 6. The van der Waals surface area contributed by atoms with Crippen LogP contribution in [0.4, 0.5) is 0 Å². The zero-order valence-electron chi connectivity index (χ0n) is 23.0. The zero-order valence-corrected chi connectivity index (χ0v) is 23.0. The molecule has 0 heterocycles. The summed E-state index contributed by atoms with van der Waals surface area (Å²) in [6.45, 7) is 6.61. The monoisotopic (exact) mass is 520 g/mol. The molecule has 1 saturated carbocycles. The highest BCUT2D eigenvalue weighted by atomic mass is 16.5. The molecule has 0 saturated heterocycles. The Labute approximate surface area is 228 Å². The maximum Gasteiger partial charge on any atom is 0.336 e. The van der Waals surface area contributed by atoms with Gasteiger partial charge < -0.3 is 14.6 Å². The van der Waals surface area contributed by atoms with Crippen LogP contribution in [-0.2, 0) is 4.79 Å². The Morgan fingerprint density at radius 1 is 0.921 bits per heavy atom. The van der Waals surface area contributed by atoms with Crippen LogP contribution in [0.5, 0.6) is 11.5 Å². The van der Waals surface area contributed by atoms with Gasteiger partial charge in [0, 0.05) is 0 Å². The molecule has 2 aromatic rings. The van der Waals surface area contributed by atoms with E-state index >= 15 is 0 Å². The Kier molecular flexibility index (Phi) is 12.4. The van der Waals surface area contributed by atoms with Gasteiger partial charge in [-0.25, -0.2) is 4.79 Å². The molecule has 206 valence electrons. The largest absolute Gasteiger partial charge is 0.494 e. The standard InChI is InChI=1S/C33H44O5/c1-3-5-7-8-9-11-23-37-29-21-22-30(32(34)35)31(24-29)26-17-19-28(20-18-26)38-33(36)27-15-13-25(14-16-27)12-10-6-4-2/h4,17-22,24-25,27H,2-3,5-16,23H2,1H3,(H,34,35). The van der Waals surface area contributed by atoms with Crippen LogP contribution in [0.3, 0.4) is 0 Å². The predicted molar refractivity (Wildman–Crippen MR) is 153 cm³/mol. The molecule has 2 aromatic carbocycles. The van der Waals surface area contributed by atoms with E-state index in [2.05, 4.69) is 13.5 Å². The molecule has 0 amide bonds. The van der Waals surface area contributed by atoms with Gasteiger partial charge in [0.15, 0.2) is 0 Å². The quantitative estimate of drug-likeness (QED) is 0.104. The molecule has 0 aliphatic heterocycles. The van der Waals surface area contributed by atoms with Gasteiger partial charge in [-0.1, -0.05) is 63.7 Å². The minimum Gasteiger partial charge on any atom is -0.494 e. The van der Waals surface area contributed by atoms with E-state index in [-0.39, 0.29) is 17.5 Å². The Morgan fingerprint density at radius 2 is 1.61 bits per heavy atom. The predicted octanol–water partition coefficient (Wildman–Crippen LogP) is 8.86. The summed E-state index contributed by atoms with van der Waals surface area (Å²) in [5.74, 6) is 0.640. The number of ether oxygens (including phenoxy) is 2. The molecule has 3 rings (SSSR count). The van der Waals surface area contributed by atoms with Crippen molar-refractivity contribution in [3.05, 3.63) is 60.7 Å². The fraction of sp³-hybridized carbons (Fsp3) is 0.515. The van der Waals surface area contributed by atoms with Gasteiger partial charge in [-0.15, -0.1) is 6.58 Å². The first kappa shape index (κ1) is 29.5. The Morgan fingerprint density at radius 3 is 2.29 bits per heavy atom. The van der Waals surface area contributed by atoms with E-state index in [9.17, 15) is 14.7 Å². The minimum absolute atomic E-state index is 0.0515. The summed E-state index contributed by atoms with van der Waals surface area (Å²) in [6, 6.07) is 12.2. The SMILES string of the molecule is C=CCCCC1CCC(C(=O)Oc2ccc(-c3cc(OCCCCCCCC)ccc3C(=O)O)cc2)CC1. The lowest BCUT2D eigenvalue weighted by molar-refractivity contribution is -0.140. The van der Waals surface area contributed by atoms with Crippen LogP contribution in [0.2, 0.25) is 0 Å². The third-order valence-electron chi connectivity index (χ3n) is 7.57. The maximum absolute atomic E-state index is 12.7. The van der Waals surface area contributed by atoms with Gasteiger partial charge in [-0.3, -0.25) is 4.79 Å². The molecule has 0 spiro atoms. The van der Waals surface area contributed by atoms with E-state index in [0.717, 1.165) is 50.5 Å². The first-order chi connectivity index (χ1) is 18.5. The lowest BCUT2D eigenvalue weighted by Crippen LogP contribution is -2.25. The molecule has 1 fully saturated rings. The number of carboxylic acids is 1. The summed E-state index contributed by atoms with van der Waals surface area (Å²) in [5, 5.41) is 9.72. The Hall–Kier alpha value is -3.08. The van der Waals surface area contributed by atoms with Crippen LogP contribution in [0.1, 0.15) is 101 Å². The van der Waals surface area contributed by atoms with Crippen LogP contribution < -0.4 is 9.47 Å². The topological polar surface area (TPSA) is 72.8 Å². The van der Waals surface area contributed by atoms with Crippen molar-refractivity contribution in [1.29, 1.82) is 0 Å². The summed E-state index contributed by atoms with van der Waals surface area (Å²) in [6.07, 6.45) is 16.4. The second-order valence-corrected chi connectivity index (χ2v) is 10.5. The van der Waals surface area contributed by atoms with Crippen LogP contribution in [0.15, 0.2) is 55.1 Å². The number of hydrogen-bond donors (Lipinski definition) is 1. The van der Waals surface area contributed by atoms with Gasteiger partial charge in [0.1, 0.15) is 11.5 Å². The molecule has 0 radical (unpaired) electrons. The molecule has 1 N–H and O–H groups in total. The van der Waals surface area contributed by atoms with E-state index in [1.165, 1.54) is 38.5 Å². The number of aromatic carboxylic acids is 1. The zero-order chi connectivity index (χ0) is 27.2. The van der Waals surface area contributed by atoms with Crippen LogP contribution >= 0.6 is 0 Å². The molecule has 5 nitrogen and oxygen atoms in total. The highest BCUT2D eigenvalue weighted by Crippen LogP contribution is 2.34. The first-order valence-electron chi connectivity index (χ1n) is 14.4. The second-order valence-electron chi connectivity index (χ2n) is 10.5. The smallest absolute Gasteiger partial charge is 0.336 e. The van der Waals surface area contributed by atoms with Crippen molar-refractivity contribution in [2.45, 2.75) is 90.4 Å². The van der Waals surface area contributed by atoms with Crippen molar-refractivity contribution < 1.29 is 24.2 Å². The number of carbonyl (C=O) groups is 2. The van der Waals surface area contributed by atoms with Crippen molar-refractivity contribution in [3.63, 3.8) is 0 Å². The molecule has 5 heteroatoms. The van der Waals surface area contributed by atoms with Gasteiger partial charge in [-0.05, 0) is 92.3 Å². The third-order valence-corrected chi connectivity index (χ3v) is 7.57. The van der Waals surface area contributed by atoms with Crippen molar-refractivity contribution in [2.24, 2.45) is 11.8 Å². The number of hydrogen-bond acceptors (Lipinski definition) is 4. The van der Waals surface area contributed by atoms with E-state index in [1.807, 2.05) is 6.08 Å². The summed E-state index contributed by atoms with van der Waals surface area (Å²) < 4.78 is 11.6. The lowest BCUT2D eigenvalue weighted by atomic mass is 9.80. The van der Waals surface area contributed by atoms with Crippen molar-refractivity contribution in [2.75, 3.05) is 6.61 Å². The summed E-state index contributed by atoms with van der Waals surface area (Å²) in [5.41, 5.74) is 1.55. The summed E-state index contributed by atoms with van der Waals surface area (Å²) in [4.78, 5) is 24.6. The molecule has 0 atom stereocenters. The van der Waals surface area contributed by atoms with Crippen molar-refractivity contribution >= 4 is 11.9 Å². The summed E-state index contributed by atoms with van der Waals surface area (Å²) >= 11 is 0. The van der Waals surface area contributed by atoms with Crippen molar-refractivity contribution in [3.8, 4) is 22.6 Å². The molecule has 38 heavy (non-hydrogen) atoms. The molecule has 1 aliphatic carbocycles. The number of esters is 1. The van der Waals surface area contributed by atoms with E-state index in [0.29, 0.717) is 29.6 Å². The second kappa shape index (κ2) is 16.0. The van der Waals surface area contributed by atoms with E-state index in [4.69, 9.17) is 9.47 Å². The van der Waals surface area contributed by atoms with Crippen LogP contribution in [0.25, 0.3) is 11.1 Å². The molecule has 1 aliphatic rings. The van der Waals surface area contributed by atoms with E-state index < -0.39 is 5.97 Å². The third kappa shape index (κ3) is 9.34. The normalized spacial score (nSPS) is 17.1. The highest BCUT2D eigenvalue weighted by Gasteiger charge is 2.27. The minimum atomic E-state index is -0.988. The number of carboxylic acid groups (broad SMARTS) is 1. The van der Waals surface area contributed by atoms with Gasteiger partial charge in [0.2, 0.25) is 0 Å². The Bertz CT molecular complexity index is 1020. The van der Waals surface area contributed by atoms with E-state index in [1.54, 1.807) is 42.5 Å². The highest BCUT2D eigenvalue weighted by molar-refractivity contribution is 5.96. The van der Waals surface area contributed by atoms with Gasteiger partial charge in [-0.2, -0.15) is 0 Å². The average Bonchev–Trinajstić information content (AvgIpc) is 2.93. The molecular weight excluding hydrogens is 476 g/mol. The molecule has 0 aromatic heterocycles. The van der Waals surface area contributed by atoms with Crippen LogP contribution in [-0.4, -0.2) is 23.7 Å². The number of rotatable bonds is 16. The fourth-order valence-electron chi connectivity index (χ4n) is 5.25. The average molecular weight is 521 g/mol. The molecule has 0 bridgehead atoms. The number of benzene rings is 2. The fourth-order valence-corrected chi connectivity index (χ4v) is 5.25. The van der Waals surface area contributed by atoms with Crippen LogP contribution in [0, 0.1) is 11.8 Å². The molecule has 0 unspecified atom stereocenters. The molecular formula is C33H44O5. The van der Waals surface area contributed by atoms with Gasteiger partial charge in [0.05, 0.1) is 18.1 Å².